The number of rotatable bonds is 11. The molecule has 1 saturated carbocycles. The lowest BCUT2D eigenvalue weighted by Crippen LogP contribution is -2.55. The normalized spacial score (nSPS) is 30.0. The van der Waals surface area contributed by atoms with Crippen LogP contribution in [0.25, 0.3) is 33.6 Å². The zero-order valence-corrected chi connectivity index (χ0v) is 40.0. The molecular weight excluding hydrogens is 876 g/mol. The average Bonchev–Trinajstić information content (AvgIpc) is 3.96. The number of piperidine rings is 1. The van der Waals surface area contributed by atoms with Crippen molar-refractivity contribution >= 4 is 35.6 Å². The van der Waals surface area contributed by atoms with Gasteiger partial charge in [0, 0.05) is 18.2 Å². The maximum atomic E-state index is 14.6. The number of benzene rings is 2. The van der Waals surface area contributed by atoms with Gasteiger partial charge in [0.1, 0.15) is 34.6 Å². The molecule has 4 amide bonds. The number of aromatic nitrogens is 4. The fraction of sp³-hybridized carbons (Fsp3) is 0.560. The molecular formula is C50H63ClN8O8. The Morgan fingerprint density at radius 2 is 1.22 bits per heavy atom. The van der Waals surface area contributed by atoms with E-state index >= 15 is 0 Å². The summed E-state index contributed by atoms with van der Waals surface area (Å²) in [5.74, 6) is 1.66. The van der Waals surface area contributed by atoms with E-state index in [-0.39, 0.29) is 66.2 Å². The van der Waals surface area contributed by atoms with Gasteiger partial charge in [-0.25, -0.2) is 19.6 Å². The lowest BCUT2D eigenvalue weighted by atomic mass is 9.85. The van der Waals surface area contributed by atoms with Crippen LogP contribution in [0.4, 0.5) is 9.59 Å². The van der Waals surface area contributed by atoms with Crippen LogP contribution >= 0.6 is 11.6 Å². The Kier molecular flexibility index (Phi) is 13.4. The lowest BCUT2D eigenvalue weighted by Gasteiger charge is -2.39. The summed E-state index contributed by atoms with van der Waals surface area (Å²) in [6, 6.07) is 14.4. The number of likely N-dealkylation sites (tertiary alicyclic amines) is 2. The van der Waals surface area contributed by atoms with Gasteiger partial charge in [-0.05, 0) is 113 Å². The molecule has 4 aliphatic heterocycles. The number of H-pyrrole nitrogens is 2. The number of carbonyl (C=O) groups excluding carboxylic acids is 4. The summed E-state index contributed by atoms with van der Waals surface area (Å²) >= 11 is 6.82. The number of imidazole rings is 2. The maximum absolute atomic E-state index is 14.6. The first kappa shape index (κ1) is 46.7. The van der Waals surface area contributed by atoms with Crippen LogP contribution < -0.4 is 10.6 Å². The molecule has 67 heavy (non-hydrogen) atoms. The van der Waals surface area contributed by atoms with Gasteiger partial charge in [0.15, 0.2) is 0 Å². The van der Waals surface area contributed by atoms with Crippen molar-refractivity contribution in [2.24, 2.45) is 23.7 Å². The number of hydrogen-bond donors (Lipinski definition) is 4. The predicted octanol–water partition coefficient (Wildman–Crippen LogP) is 8.22. The van der Waals surface area contributed by atoms with Crippen molar-refractivity contribution in [1.82, 2.24) is 40.4 Å². The van der Waals surface area contributed by atoms with Crippen LogP contribution in [0.15, 0.2) is 54.7 Å². The molecule has 0 spiro atoms. The van der Waals surface area contributed by atoms with Gasteiger partial charge >= 0.3 is 12.2 Å². The number of hydrogen-bond acceptors (Lipinski definition) is 10. The number of nitrogens with one attached hydrogen (secondary N) is 4. The van der Waals surface area contributed by atoms with Gasteiger partial charge in [0.25, 0.3) is 0 Å². The fourth-order valence-electron chi connectivity index (χ4n) is 11.7. The van der Waals surface area contributed by atoms with E-state index in [4.69, 9.17) is 40.5 Å². The molecule has 5 aliphatic rings. The van der Waals surface area contributed by atoms with Crippen molar-refractivity contribution in [2.75, 3.05) is 20.8 Å². The third-order valence-electron chi connectivity index (χ3n) is 14.9. The zero-order chi connectivity index (χ0) is 47.3. The summed E-state index contributed by atoms with van der Waals surface area (Å²) in [5, 5.41) is 6.13. The first-order valence-corrected chi connectivity index (χ1v) is 24.2. The molecule has 4 aromatic rings. The first-order valence-electron chi connectivity index (χ1n) is 23.8. The Bertz CT molecular complexity index is 2420. The second kappa shape index (κ2) is 19.3. The topological polar surface area (TPSA) is 193 Å². The molecule has 358 valence electrons. The number of methoxy groups -OCH3 is 2. The second-order valence-corrected chi connectivity index (χ2v) is 19.9. The van der Waals surface area contributed by atoms with Crippen LogP contribution in [0.5, 0.6) is 0 Å². The minimum absolute atomic E-state index is 0.0242. The van der Waals surface area contributed by atoms with E-state index in [0.717, 1.165) is 46.6 Å². The highest BCUT2D eigenvalue weighted by molar-refractivity contribution is 6.32. The third kappa shape index (κ3) is 9.53. The van der Waals surface area contributed by atoms with Crippen molar-refractivity contribution in [3.63, 3.8) is 0 Å². The van der Waals surface area contributed by atoms with Crippen molar-refractivity contribution in [2.45, 2.75) is 134 Å². The van der Waals surface area contributed by atoms with E-state index in [1.54, 1.807) is 0 Å². The highest BCUT2D eigenvalue weighted by Crippen LogP contribution is 2.58. The summed E-state index contributed by atoms with van der Waals surface area (Å²) < 4.78 is 21.8. The van der Waals surface area contributed by atoms with Gasteiger partial charge in [-0.3, -0.25) is 9.59 Å². The van der Waals surface area contributed by atoms with E-state index in [1.165, 1.54) is 14.2 Å². The smallest absolute Gasteiger partial charge is 0.407 e. The maximum Gasteiger partial charge on any atom is 0.407 e. The highest BCUT2D eigenvalue weighted by Gasteiger charge is 2.62. The Morgan fingerprint density at radius 3 is 1.78 bits per heavy atom. The van der Waals surface area contributed by atoms with E-state index in [2.05, 4.69) is 51.8 Å². The summed E-state index contributed by atoms with van der Waals surface area (Å²) in [6.45, 7) is 10.7. The predicted molar refractivity (Wildman–Crippen MR) is 251 cm³/mol. The summed E-state index contributed by atoms with van der Waals surface area (Å²) in [4.78, 5) is 74.3. The molecule has 17 heteroatoms. The molecule has 4 saturated heterocycles. The number of carbonyl (C=O) groups is 4. The number of aromatic amines is 2. The summed E-state index contributed by atoms with van der Waals surface area (Å²) in [5.41, 5.74) is 5.28. The molecule has 2 aromatic carbocycles. The zero-order valence-electron chi connectivity index (χ0n) is 39.3. The third-order valence-corrected chi connectivity index (χ3v) is 15.2. The highest BCUT2D eigenvalue weighted by atomic mass is 35.5. The van der Waals surface area contributed by atoms with Crippen molar-refractivity contribution in [1.29, 1.82) is 0 Å². The second-order valence-electron chi connectivity index (χ2n) is 19.5. The molecule has 16 nitrogen and oxygen atoms in total. The van der Waals surface area contributed by atoms with Crippen molar-refractivity contribution in [3.8, 4) is 33.6 Å². The van der Waals surface area contributed by atoms with Crippen LogP contribution in [0.3, 0.4) is 0 Å². The molecule has 0 bridgehead atoms. The molecule has 1 aliphatic carbocycles. The molecule has 6 unspecified atom stereocenters. The van der Waals surface area contributed by atoms with Gasteiger partial charge < -0.3 is 49.3 Å². The number of amides is 4. The van der Waals surface area contributed by atoms with Gasteiger partial charge in [-0.15, -0.1) is 0 Å². The molecule has 2 aromatic heterocycles. The molecule has 9 rings (SSSR count). The Labute approximate surface area is 396 Å². The monoisotopic (exact) mass is 938 g/mol. The van der Waals surface area contributed by atoms with Gasteiger partial charge in [0.05, 0.1) is 62.6 Å². The van der Waals surface area contributed by atoms with Crippen molar-refractivity contribution in [3.05, 3.63) is 71.5 Å². The van der Waals surface area contributed by atoms with Crippen LogP contribution in [0, 0.1) is 23.7 Å². The van der Waals surface area contributed by atoms with Crippen LogP contribution in [-0.4, -0.2) is 117 Å². The Hall–Kier alpha value is -5.45. The minimum Gasteiger partial charge on any atom is -0.453 e. The standard InChI is InChI=1S/C50H63ClN8O8/c1-25-19-34(20-26(2)66-25)41(55-49(62)64-6)47(60)58-18-8-9-38(58)46-54-40(44(51)57-46)33-16-12-31(13-17-33)30-10-14-32(15-11-30)37-24-52-45(53-37)39-23-36-29(5)43(36)59(39)48(61)42(56-50(63)65-7)35-21-27(3)67-28(4)22-35/h10-17,24-29,34-36,38-39,41-43H,8-9,18-23H2,1-7H3,(H,52,53)(H,54,57)(H,55,62)(H,56,63)/t25-,26+,27-,28+,29-,34?,35?,36?,38+,39+,41?,42?,43?/m1/s1. The van der Waals surface area contributed by atoms with Crippen molar-refractivity contribution < 1.29 is 38.1 Å². The quantitative estimate of drug-likeness (QED) is 0.114. The molecule has 0 radical (unpaired) electrons. The number of nitrogens with zero attached hydrogens (tertiary/aromatic N) is 4. The van der Waals surface area contributed by atoms with Crippen LogP contribution in [0.1, 0.15) is 103 Å². The first-order chi connectivity index (χ1) is 32.2. The molecule has 6 heterocycles. The minimum atomic E-state index is -0.756. The Morgan fingerprint density at radius 1 is 0.701 bits per heavy atom. The van der Waals surface area contributed by atoms with Crippen LogP contribution in [0.2, 0.25) is 5.15 Å². The SMILES string of the molecule is COC(=O)NC(C(=O)N1CCC[C@H]1c1nc(-c2ccc(-c3ccc(-c4cnc([C@@H]5CC6C([C@@H]6C)N5C(=O)C(NC(=O)OC)C5C[C@@H](C)O[C@@H](C)C5)[nH]4)cc3)cc2)c(Cl)[nH]1)C1C[C@@H](C)O[C@@H](C)C1. The molecule has 13 atom stereocenters. The number of ether oxygens (including phenoxy) is 4. The molecule has 4 N–H and O–H groups in total. The van der Waals surface area contributed by atoms with E-state index in [9.17, 15) is 19.2 Å². The largest absolute Gasteiger partial charge is 0.453 e. The lowest BCUT2D eigenvalue weighted by molar-refractivity contribution is -0.140. The summed E-state index contributed by atoms with van der Waals surface area (Å²) in [7, 11) is 2.62. The van der Waals surface area contributed by atoms with Gasteiger partial charge in [-0.2, -0.15) is 0 Å². The van der Waals surface area contributed by atoms with E-state index in [0.29, 0.717) is 67.2 Å². The average molecular weight is 940 g/mol. The van der Waals surface area contributed by atoms with Gasteiger partial charge in [-0.1, -0.05) is 67.1 Å². The Balaban J connectivity index is 0.876. The number of alkyl carbamates (subject to hydrolysis) is 2. The van der Waals surface area contributed by atoms with Gasteiger partial charge in [0.2, 0.25) is 11.8 Å². The van der Waals surface area contributed by atoms with E-state index < -0.39 is 24.3 Å². The number of halogens is 1. The summed E-state index contributed by atoms with van der Waals surface area (Å²) in [6.07, 6.45) is 5.38. The van der Waals surface area contributed by atoms with Crippen LogP contribution in [-0.2, 0) is 28.5 Å². The van der Waals surface area contributed by atoms with E-state index in [1.807, 2.05) is 68.0 Å². The number of fused-ring (bicyclic) bond motifs is 1. The molecule has 5 fully saturated rings. The fourth-order valence-corrected chi connectivity index (χ4v) is 12.0.